The van der Waals surface area contributed by atoms with Gasteiger partial charge in [0.15, 0.2) is 0 Å². The molecule has 0 radical (unpaired) electrons. The van der Waals surface area contributed by atoms with Crippen LogP contribution in [0, 0.1) is 5.92 Å². The Morgan fingerprint density at radius 1 is 1.33 bits per heavy atom. The Labute approximate surface area is 144 Å². The predicted octanol–water partition coefficient (Wildman–Crippen LogP) is 3.29. The molecule has 2 atom stereocenters. The smallest absolute Gasteiger partial charge is 0.276 e. The van der Waals surface area contributed by atoms with Crippen molar-refractivity contribution in [3.05, 3.63) is 35.0 Å². The fourth-order valence-corrected chi connectivity index (χ4v) is 4.09. The summed E-state index contributed by atoms with van der Waals surface area (Å²) < 4.78 is 1.11. The topological polar surface area (TPSA) is 66.4 Å². The summed E-state index contributed by atoms with van der Waals surface area (Å²) in [4.78, 5) is 20.9. The van der Waals surface area contributed by atoms with Gasteiger partial charge in [0.05, 0.1) is 15.7 Å². The van der Waals surface area contributed by atoms with Gasteiger partial charge < -0.3 is 5.32 Å². The summed E-state index contributed by atoms with van der Waals surface area (Å²) in [5, 5.41) is 6.25. The first-order chi connectivity index (χ1) is 11.7. The van der Waals surface area contributed by atoms with Crippen molar-refractivity contribution < 1.29 is 4.79 Å². The molecule has 1 aliphatic heterocycles. The third-order valence-electron chi connectivity index (χ3n) is 4.79. The molecule has 0 unspecified atom stereocenters. The fraction of sp³-hybridized carbons (Fsp3) is 0.389. The first kappa shape index (κ1) is 15.3. The van der Waals surface area contributed by atoms with Gasteiger partial charge in [0.25, 0.3) is 5.91 Å². The Balaban J connectivity index is 1.54. The second-order valence-electron chi connectivity index (χ2n) is 6.54. The number of fused-ring (bicyclic) bond motifs is 1. The maximum absolute atomic E-state index is 12.2. The van der Waals surface area contributed by atoms with Crippen molar-refractivity contribution in [2.45, 2.75) is 38.6 Å². The average Bonchev–Trinajstić information content (AvgIpc) is 3.16. The van der Waals surface area contributed by atoms with Crippen molar-refractivity contribution in [3.8, 4) is 0 Å². The second-order valence-corrected chi connectivity index (χ2v) is 7.42. The molecule has 0 saturated heterocycles. The largest absolute Gasteiger partial charge is 0.353 e. The number of rotatable bonds is 2. The van der Waals surface area contributed by atoms with Gasteiger partial charge in [0.2, 0.25) is 5.96 Å². The zero-order valence-corrected chi connectivity index (χ0v) is 14.4. The number of aromatic nitrogens is 1. The molecule has 2 N–H and O–H groups in total. The molecule has 2 aromatic rings. The molecule has 6 heteroatoms. The Morgan fingerprint density at radius 2 is 2.21 bits per heavy atom. The Bertz CT molecular complexity index is 838. The second kappa shape index (κ2) is 6.36. The fourth-order valence-electron chi connectivity index (χ4n) is 3.36. The van der Waals surface area contributed by atoms with E-state index in [2.05, 4.69) is 27.5 Å². The zero-order valence-electron chi connectivity index (χ0n) is 13.6. The van der Waals surface area contributed by atoms with Gasteiger partial charge in [-0.05, 0) is 42.5 Å². The minimum atomic E-state index is -0.148. The van der Waals surface area contributed by atoms with E-state index in [4.69, 9.17) is 0 Å². The van der Waals surface area contributed by atoms with Crippen molar-refractivity contribution >= 4 is 39.5 Å². The van der Waals surface area contributed by atoms with Crippen molar-refractivity contribution in [1.29, 1.82) is 0 Å². The summed E-state index contributed by atoms with van der Waals surface area (Å²) in [6.07, 6.45) is 6.73. The summed E-state index contributed by atoms with van der Waals surface area (Å²) >= 11 is 1.60. The molecular weight excluding hydrogens is 320 g/mol. The number of hydrogen-bond donors (Lipinski definition) is 2. The monoisotopic (exact) mass is 340 g/mol. The molecule has 2 aliphatic rings. The number of amides is 1. The highest BCUT2D eigenvalue weighted by Gasteiger charge is 2.26. The van der Waals surface area contributed by atoms with Gasteiger partial charge in [-0.15, -0.1) is 11.3 Å². The van der Waals surface area contributed by atoms with Crippen LogP contribution in [0.3, 0.4) is 0 Å². The first-order valence-corrected chi connectivity index (χ1v) is 9.28. The van der Waals surface area contributed by atoms with E-state index in [0.717, 1.165) is 22.2 Å². The quantitative estimate of drug-likeness (QED) is 0.825. The lowest BCUT2D eigenvalue weighted by Gasteiger charge is -2.29. The lowest BCUT2D eigenvalue weighted by atomic mass is 9.86. The summed E-state index contributed by atoms with van der Waals surface area (Å²) in [5.74, 6) is 1.05. The van der Waals surface area contributed by atoms with Crippen LogP contribution in [0.4, 0.5) is 0 Å². The Hall–Kier alpha value is -2.21. The highest BCUT2D eigenvalue weighted by molar-refractivity contribution is 7.16. The van der Waals surface area contributed by atoms with Gasteiger partial charge in [0.1, 0.15) is 5.70 Å². The molecular formula is C18H20N4OS. The van der Waals surface area contributed by atoms with Crippen molar-refractivity contribution in [1.82, 2.24) is 15.6 Å². The average molecular weight is 340 g/mol. The van der Waals surface area contributed by atoms with Crippen LogP contribution in [0.5, 0.6) is 0 Å². The van der Waals surface area contributed by atoms with Crippen molar-refractivity contribution in [2.75, 3.05) is 0 Å². The molecule has 1 amide bonds. The van der Waals surface area contributed by atoms with Crippen LogP contribution in [0.15, 0.2) is 34.4 Å². The molecule has 1 saturated carbocycles. The van der Waals surface area contributed by atoms with Gasteiger partial charge in [-0.25, -0.2) is 9.98 Å². The van der Waals surface area contributed by atoms with Gasteiger partial charge in [-0.3, -0.25) is 10.1 Å². The number of guanidine groups is 1. The lowest BCUT2D eigenvalue weighted by Crippen LogP contribution is -2.46. The Kier molecular flexibility index (Phi) is 4.06. The number of hydrogen-bond acceptors (Lipinski definition) is 5. The minimum absolute atomic E-state index is 0.148. The van der Waals surface area contributed by atoms with Crippen LogP contribution >= 0.6 is 11.3 Å². The third-order valence-corrected chi connectivity index (χ3v) is 5.58. The van der Waals surface area contributed by atoms with E-state index in [-0.39, 0.29) is 5.91 Å². The number of benzene rings is 1. The summed E-state index contributed by atoms with van der Waals surface area (Å²) in [6.45, 7) is 2.26. The maximum Gasteiger partial charge on any atom is 0.276 e. The van der Waals surface area contributed by atoms with Crippen molar-refractivity contribution in [2.24, 2.45) is 10.9 Å². The molecule has 0 spiro atoms. The molecule has 4 rings (SSSR count). The first-order valence-electron chi connectivity index (χ1n) is 8.40. The number of carbonyl (C=O) groups excluding carboxylic acids is 1. The highest BCUT2D eigenvalue weighted by atomic mass is 32.1. The number of thiazole rings is 1. The van der Waals surface area contributed by atoms with Crippen LogP contribution in [-0.2, 0) is 4.79 Å². The molecule has 1 aliphatic carbocycles. The van der Waals surface area contributed by atoms with Gasteiger partial charge >= 0.3 is 0 Å². The van der Waals surface area contributed by atoms with E-state index in [1.54, 1.807) is 11.3 Å². The molecule has 124 valence electrons. The number of aliphatic imine (C=N–C) groups is 1. The molecule has 2 heterocycles. The van der Waals surface area contributed by atoms with E-state index in [1.165, 1.54) is 19.3 Å². The van der Waals surface area contributed by atoms with Gasteiger partial charge in [0, 0.05) is 6.04 Å². The molecule has 24 heavy (non-hydrogen) atoms. The predicted molar refractivity (Wildman–Crippen MR) is 97.7 cm³/mol. The molecule has 1 aromatic heterocycles. The molecule has 1 fully saturated rings. The minimum Gasteiger partial charge on any atom is -0.353 e. The zero-order chi connectivity index (χ0) is 16.5. The number of nitrogens with zero attached hydrogens (tertiary/aromatic N) is 2. The van der Waals surface area contributed by atoms with E-state index in [1.807, 2.05) is 29.8 Å². The van der Waals surface area contributed by atoms with E-state index in [0.29, 0.717) is 23.6 Å². The highest BCUT2D eigenvalue weighted by Crippen LogP contribution is 2.24. The van der Waals surface area contributed by atoms with Crippen molar-refractivity contribution in [3.63, 3.8) is 0 Å². The van der Waals surface area contributed by atoms with Gasteiger partial charge in [-0.2, -0.15) is 0 Å². The van der Waals surface area contributed by atoms with Crippen LogP contribution in [0.2, 0.25) is 0 Å². The SMILES string of the molecule is C[C@H]1CCCC[C@H]1NC1=N/C(=C\c2ccc3ncsc3c2)C(=O)N1. The normalized spacial score (nSPS) is 25.8. The van der Waals surface area contributed by atoms with Crippen LogP contribution in [0.25, 0.3) is 16.3 Å². The summed E-state index contributed by atoms with van der Waals surface area (Å²) in [7, 11) is 0. The van der Waals surface area contributed by atoms with Gasteiger partial charge in [-0.1, -0.05) is 25.8 Å². The summed E-state index contributed by atoms with van der Waals surface area (Å²) in [5.41, 5.74) is 4.22. The number of nitrogens with one attached hydrogen (secondary N) is 2. The van der Waals surface area contributed by atoms with E-state index < -0.39 is 0 Å². The molecule has 0 bridgehead atoms. The molecule has 5 nitrogen and oxygen atoms in total. The molecule has 1 aromatic carbocycles. The van der Waals surface area contributed by atoms with E-state index in [9.17, 15) is 4.79 Å². The Morgan fingerprint density at radius 3 is 3.08 bits per heavy atom. The van der Waals surface area contributed by atoms with Crippen LogP contribution in [-0.4, -0.2) is 22.9 Å². The maximum atomic E-state index is 12.2. The van der Waals surface area contributed by atoms with Crippen LogP contribution in [0.1, 0.15) is 38.2 Å². The van der Waals surface area contributed by atoms with E-state index >= 15 is 0 Å². The summed E-state index contributed by atoms with van der Waals surface area (Å²) in [6, 6.07) is 6.37. The third kappa shape index (κ3) is 3.06. The lowest BCUT2D eigenvalue weighted by molar-refractivity contribution is -0.115. The standard InChI is InChI=1S/C18H20N4OS/c1-11-4-2-3-5-13(11)20-18-21-15(17(23)22-18)8-12-6-7-14-16(9-12)24-10-19-14/h6-11,13H,2-5H2,1H3,(H2,20,21,22,23)/b15-8-/t11-,13+/m0/s1. The number of carbonyl (C=O) groups is 1. The van der Waals surface area contributed by atoms with Crippen LogP contribution < -0.4 is 10.6 Å².